The van der Waals surface area contributed by atoms with Crippen molar-refractivity contribution in [1.82, 2.24) is 10.2 Å². The van der Waals surface area contributed by atoms with Crippen LogP contribution in [0.3, 0.4) is 0 Å². The Balaban J connectivity index is 1.37. The summed E-state index contributed by atoms with van der Waals surface area (Å²) in [7, 11) is 1.35. The monoisotopic (exact) mass is 565 g/mol. The Kier molecular flexibility index (Phi) is 8.30. The Morgan fingerprint density at radius 3 is 2.59 bits per heavy atom. The van der Waals surface area contributed by atoms with Gasteiger partial charge in [-0.15, -0.1) is 11.3 Å². The van der Waals surface area contributed by atoms with Gasteiger partial charge in [-0.05, 0) is 45.7 Å². The molecule has 0 bridgehead atoms. The SMILES string of the molecule is CCC(Sc1c(=O)o[nH][n+]1-c1ccccc1)C(=O)Nc1sc2c(c1C(=O)OC)CCN(Cc1ccccc1)C2. The molecule has 4 aromatic rings. The third kappa shape index (κ3) is 5.85. The van der Waals surface area contributed by atoms with Crippen LogP contribution in [0.4, 0.5) is 5.00 Å². The van der Waals surface area contributed by atoms with Gasteiger partial charge in [0.25, 0.3) is 0 Å². The molecule has 3 heterocycles. The molecular formula is C28H29N4O5S2+. The van der Waals surface area contributed by atoms with Crippen molar-refractivity contribution in [3.8, 4) is 5.69 Å². The van der Waals surface area contributed by atoms with Crippen LogP contribution in [0, 0.1) is 0 Å². The van der Waals surface area contributed by atoms with Crippen molar-refractivity contribution in [3.63, 3.8) is 0 Å². The molecule has 0 aliphatic carbocycles. The van der Waals surface area contributed by atoms with Gasteiger partial charge in [0, 0.05) is 36.6 Å². The Hall–Kier alpha value is -3.67. The minimum absolute atomic E-state index is 0.262. The number of ether oxygens (including phenoxy) is 1. The van der Waals surface area contributed by atoms with Gasteiger partial charge in [0.15, 0.2) is 0 Å². The number of anilines is 1. The lowest BCUT2D eigenvalue weighted by atomic mass is 10.0. The molecule has 11 heteroatoms. The van der Waals surface area contributed by atoms with E-state index in [4.69, 9.17) is 9.26 Å². The first-order valence-electron chi connectivity index (χ1n) is 12.6. The number of methoxy groups -OCH3 is 1. The van der Waals surface area contributed by atoms with E-state index in [1.54, 1.807) is 0 Å². The number of para-hydroxylation sites is 1. The zero-order valence-corrected chi connectivity index (χ0v) is 23.3. The van der Waals surface area contributed by atoms with E-state index in [9.17, 15) is 14.4 Å². The van der Waals surface area contributed by atoms with Crippen LogP contribution in [0.25, 0.3) is 5.69 Å². The number of esters is 1. The highest BCUT2D eigenvalue weighted by molar-refractivity contribution is 8.00. The zero-order valence-electron chi connectivity index (χ0n) is 21.6. The van der Waals surface area contributed by atoms with Crippen molar-refractivity contribution in [1.29, 1.82) is 0 Å². The smallest absolute Gasteiger partial charge is 0.442 e. The number of benzene rings is 2. The van der Waals surface area contributed by atoms with Gasteiger partial charge >= 0.3 is 16.6 Å². The molecule has 1 amide bonds. The van der Waals surface area contributed by atoms with Gasteiger partial charge in [-0.25, -0.2) is 9.59 Å². The van der Waals surface area contributed by atoms with Crippen molar-refractivity contribution >= 4 is 40.0 Å². The number of rotatable bonds is 9. The van der Waals surface area contributed by atoms with Gasteiger partial charge in [-0.3, -0.25) is 14.2 Å². The highest BCUT2D eigenvalue weighted by Crippen LogP contribution is 2.38. The van der Waals surface area contributed by atoms with Crippen molar-refractivity contribution < 1.29 is 23.5 Å². The number of aromatic nitrogens is 2. The van der Waals surface area contributed by atoms with Gasteiger partial charge in [-0.1, -0.05) is 55.5 Å². The molecule has 2 aromatic carbocycles. The van der Waals surface area contributed by atoms with Crippen molar-refractivity contribution in [2.45, 2.75) is 43.1 Å². The lowest BCUT2D eigenvalue weighted by Gasteiger charge is -2.27. The molecule has 1 atom stereocenters. The molecule has 0 spiro atoms. The average Bonchev–Trinajstić information content (AvgIpc) is 3.51. The van der Waals surface area contributed by atoms with E-state index in [1.807, 2.05) is 55.5 Å². The van der Waals surface area contributed by atoms with Crippen molar-refractivity contribution in [3.05, 3.63) is 92.7 Å². The summed E-state index contributed by atoms with van der Waals surface area (Å²) in [5.41, 5.74) is 2.73. The van der Waals surface area contributed by atoms with E-state index in [1.165, 1.54) is 28.7 Å². The van der Waals surface area contributed by atoms with E-state index >= 15 is 0 Å². The number of aromatic amines is 1. The molecule has 0 radical (unpaired) electrons. The molecule has 202 valence electrons. The number of thioether (sulfide) groups is 1. The molecule has 0 saturated carbocycles. The summed E-state index contributed by atoms with van der Waals surface area (Å²) in [6.07, 6.45) is 1.14. The molecule has 1 aliphatic rings. The number of carbonyl (C=O) groups excluding carboxylic acids is 2. The van der Waals surface area contributed by atoms with Crippen LogP contribution >= 0.6 is 23.1 Å². The third-order valence-electron chi connectivity index (χ3n) is 6.55. The summed E-state index contributed by atoms with van der Waals surface area (Å²) in [5.74, 6) is -0.763. The molecule has 5 rings (SSSR count). The Bertz CT molecular complexity index is 1510. The second-order valence-corrected chi connectivity index (χ2v) is 11.4. The molecule has 9 nitrogen and oxygen atoms in total. The van der Waals surface area contributed by atoms with Gasteiger partial charge in [0.05, 0.1) is 17.9 Å². The predicted molar refractivity (Wildman–Crippen MR) is 149 cm³/mol. The number of nitrogens with one attached hydrogen (secondary N) is 2. The van der Waals surface area contributed by atoms with Crippen LogP contribution in [0.15, 0.2) is 75.0 Å². The van der Waals surface area contributed by atoms with E-state index in [2.05, 4.69) is 27.6 Å². The lowest BCUT2D eigenvalue weighted by Crippen LogP contribution is -2.37. The molecule has 1 unspecified atom stereocenters. The number of hydrogen-bond donors (Lipinski definition) is 2. The van der Waals surface area contributed by atoms with Gasteiger partial charge < -0.3 is 10.1 Å². The fourth-order valence-electron chi connectivity index (χ4n) is 4.60. The minimum atomic E-state index is -0.599. The van der Waals surface area contributed by atoms with Crippen LogP contribution in [0.2, 0.25) is 0 Å². The summed E-state index contributed by atoms with van der Waals surface area (Å²) in [6, 6.07) is 19.5. The number of nitrogens with zero attached hydrogens (tertiary/aromatic N) is 2. The lowest BCUT2D eigenvalue weighted by molar-refractivity contribution is -0.704. The summed E-state index contributed by atoms with van der Waals surface area (Å²) >= 11 is 2.53. The zero-order chi connectivity index (χ0) is 27.4. The fourth-order valence-corrected chi connectivity index (χ4v) is 6.87. The van der Waals surface area contributed by atoms with Crippen LogP contribution in [0.1, 0.15) is 39.7 Å². The van der Waals surface area contributed by atoms with Crippen molar-refractivity contribution in [2.24, 2.45) is 0 Å². The van der Waals surface area contributed by atoms with Gasteiger partial charge in [0.1, 0.15) is 5.00 Å². The van der Waals surface area contributed by atoms with E-state index in [0.29, 0.717) is 35.6 Å². The van der Waals surface area contributed by atoms with E-state index in [0.717, 1.165) is 35.3 Å². The quantitative estimate of drug-likeness (QED) is 0.178. The highest BCUT2D eigenvalue weighted by atomic mass is 32.2. The maximum Gasteiger partial charge on any atom is 0.442 e. The predicted octanol–water partition coefficient (Wildman–Crippen LogP) is 4.16. The molecule has 2 aromatic heterocycles. The maximum atomic E-state index is 13.5. The molecule has 2 N–H and O–H groups in total. The first-order valence-corrected chi connectivity index (χ1v) is 14.3. The van der Waals surface area contributed by atoms with Crippen LogP contribution in [0.5, 0.6) is 0 Å². The summed E-state index contributed by atoms with van der Waals surface area (Å²) in [5, 5.41) is 5.73. The maximum absolute atomic E-state index is 13.5. The topological polar surface area (TPSA) is 109 Å². The van der Waals surface area contributed by atoms with Crippen LogP contribution in [-0.4, -0.2) is 41.0 Å². The number of carbonyl (C=O) groups is 2. The largest absolute Gasteiger partial charge is 0.465 e. The van der Waals surface area contributed by atoms with Gasteiger partial charge in [-0.2, -0.15) is 0 Å². The number of amides is 1. The molecule has 0 fully saturated rings. The Morgan fingerprint density at radius 2 is 1.90 bits per heavy atom. The number of H-pyrrole nitrogens is 1. The first-order chi connectivity index (χ1) is 19.0. The summed E-state index contributed by atoms with van der Waals surface area (Å²) in [6.45, 7) is 4.16. The Morgan fingerprint density at radius 1 is 1.18 bits per heavy atom. The fraction of sp³-hybridized carbons (Fsp3) is 0.286. The van der Waals surface area contributed by atoms with E-state index < -0.39 is 16.8 Å². The molecule has 0 saturated heterocycles. The number of hydrogen-bond acceptors (Lipinski definition) is 8. The normalized spacial score (nSPS) is 14.0. The standard InChI is InChI=1S/C28H28N4O5S2/c1-3-21(39-26-28(35)37-30-32(26)19-12-8-5-9-13-19)24(33)29-25-23(27(34)36-2)20-14-15-31(17-22(20)38-25)16-18-10-6-4-7-11-18/h4-13,21H,3,14-17H2,1-2H3,(H-,29,30,33,34,35)/p+1. The van der Waals surface area contributed by atoms with Crippen LogP contribution in [-0.2, 0) is 29.0 Å². The average molecular weight is 566 g/mol. The second-order valence-electron chi connectivity index (χ2n) is 9.11. The summed E-state index contributed by atoms with van der Waals surface area (Å²) < 4.78 is 11.6. The number of thiophene rings is 1. The van der Waals surface area contributed by atoms with Crippen molar-refractivity contribution in [2.75, 3.05) is 19.0 Å². The summed E-state index contributed by atoms with van der Waals surface area (Å²) in [4.78, 5) is 42.1. The highest BCUT2D eigenvalue weighted by Gasteiger charge is 2.33. The minimum Gasteiger partial charge on any atom is -0.465 e. The van der Waals surface area contributed by atoms with Crippen LogP contribution < -0.4 is 15.6 Å². The van der Waals surface area contributed by atoms with E-state index in [-0.39, 0.29) is 10.9 Å². The Labute approximate surface area is 233 Å². The molecule has 39 heavy (non-hydrogen) atoms. The molecule has 1 aliphatic heterocycles. The first kappa shape index (κ1) is 26.9. The van der Waals surface area contributed by atoms with Gasteiger partial charge in [0.2, 0.25) is 11.6 Å². The number of fused-ring (bicyclic) bond motifs is 1. The second kappa shape index (κ2) is 12.0. The third-order valence-corrected chi connectivity index (χ3v) is 9.09. The molecular weight excluding hydrogens is 536 g/mol.